The molecule has 1 N–H and O–H groups in total. The van der Waals surface area contributed by atoms with Crippen molar-refractivity contribution in [2.45, 2.75) is 38.8 Å². The second kappa shape index (κ2) is 9.70. The quantitative estimate of drug-likeness (QED) is 0.789. The third kappa shape index (κ3) is 5.15. The van der Waals surface area contributed by atoms with Crippen LogP contribution in [0.2, 0.25) is 0 Å². The fraction of sp³-hybridized carbons (Fsp3) is 0.333. The van der Waals surface area contributed by atoms with Crippen molar-refractivity contribution in [2.24, 2.45) is 0 Å². The Bertz CT molecular complexity index is 734. The third-order valence-corrected chi connectivity index (χ3v) is 4.28. The highest BCUT2D eigenvalue weighted by Gasteiger charge is 2.29. The van der Waals surface area contributed by atoms with Crippen LogP contribution in [0.3, 0.4) is 0 Å². The number of hydrogen-bond acceptors (Lipinski definition) is 2. The third-order valence-electron chi connectivity index (χ3n) is 4.28. The van der Waals surface area contributed by atoms with E-state index in [2.05, 4.69) is 5.32 Å². The molecule has 138 valence electrons. The van der Waals surface area contributed by atoms with E-state index in [0.717, 1.165) is 5.56 Å². The van der Waals surface area contributed by atoms with Gasteiger partial charge in [0.25, 0.3) is 0 Å². The number of hydrogen-bond donors (Lipinski definition) is 1. The van der Waals surface area contributed by atoms with Crippen molar-refractivity contribution in [1.29, 1.82) is 0 Å². The maximum absolute atomic E-state index is 14.1. The predicted molar refractivity (Wildman–Crippen MR) is 99.9 cm³/mol. The number of carbonyl (C=O) groups is 2. The molecule has 0 saturated carbocycles. The van der Waals surface area contributed by atoms with Crippen molar-refractivity contribution in [3.05, 3.63) is 71.5 Å². The van der Waals surface area contributed by atoms with Crippen LogP contribution in [0.25, 0.3) is 0 Å². The van der Waals surface area contributed by atoms with Crippen LogP contribution in [0.1, 0.15) is 30.9 Å². The summed E-state index contributed by atoms with van der Waals surface area (Å²) in [7, 11) is 1.55. The fourth-order valence-corrected chi connectivity index (χ4v) is 2.89. The minimum Gasteiger partial charge on any atom is -0.357 e. The number of halogens is 1. The lowest BCUT2D eigenvalue weighted by Crippen LogP contribution is -2.49. The first-order valence-electron chi connectivity index (χ1n) is 8.85. The molecule has 0 radical (unpaired) electrons. The summed E-state index contributed by atoms with van der Waals surface area (Å²) in [4.78, 5) is 26.8. The zero-order valence-electron chi connectivity index (χ0n) is 15.2. The molecule has 2 aromatic rings. The molecule has 4 nitrogen and oxygen atoms in total. The first-order chi connectivity index (χ1) is 12.6. The van der Waals surface area contributed by atoms with Crippen LogP contribution < -0.4 is 5.32 Å². The summed E-state index contributed by atoms with van der Waals surface area (Å²) in [6, 6.07) is 15.2. The second-order valence-electron chi connectivity index (χ2n) is 6.18. The fourth-order valence-electron chi connectivity index (χ4n) is 2.89. The minimum absolute atomic E-state index is 0.0659. The van der Waals surface area contributed by atoms with Crippen molar-refractivity contribution in [3.8, 4) is 0 Å². The highest BCUT2D eigenvalue weighted by atomic mass is 19.1. The summed E-state index contributed by atoms with van der Waals surface area (Å²) in [6.07, 6.45) is 1.36. The lowest BCUT2D eigenvalue weighted by Gasteiger charge is -2.31. The van der Waals surface area contributed by atoms with Crippen molar-refractivity contribution >= 4 is 11.8 Å². The van der Waals surface area contributed by atoms with E-state index in [1.165, 1.54) is 11.0 Å². The van der Waals surface area contributed by atoms with Gasteiger partial charge in [0.1, 0.15) is 11.9 Å². The van der Waals surface area contributed by atoms with Gasteiger partial charge in [0.2, 0.25) is 11.8 Å². The average molecular weight is 356 g/mol. The van der Waals surface area contributed by atoms with Gasteiger partial charge in [-0.15, -0.1) is 0 Å². The zero-order chi connectivity index (χ0) is 18.9. The van der Waals surface area contributed by atoms with Gasteiger partial charge in [-0.25, -0.2) is 4.39 Å². The molecule has 2 amide bonds. The molecule has 0 spiro atoms. The molecule has 0 aromatic heterocycles. The maximum Gasteiger partial charge on any atom is 0.242 e. The Morgan fingerprint density at radius 3 is 2.35 bits per heavy atom. The summed E-state index contributed by atoms with van der Waals surface area (Å²) < 4.78 is 14.1. The van der Waals surface area contributed by atoms with Gasteiger partial charge >= 0.3 is 0 Å². The van der Waals surface area contributed by atoms with Gasteiger partial charge in [-0.2, -0.15) is 0 Å². The Balaban J connectivity index is 2.35. The van der Waals surface area contributed by atoms with Gasteiger partial charge in [0.05, 0.1) is 0 Å². The monoisotopic (exact) mass is 356 g/mol. The van der Waals surface area contributed by atoms with Crippen LogP contribution in [-0.4, -0.2) is 29.8 Å². The van der Waals surface area contributed by atoms with E-state index in [0.29, 0.717) is 24.8 Å². The highest BCUT2D eigenvalue weighted by Crippen LogP contribution is 2.17. The van der Waals surface area contributed by atoms with E-state index in [4.69, 9.17) is 0 Å². The van der Waals surface area contributed by atoms with E-state index < -0.39 is 6.04 Å². The first kappa shape index (κ1) is 19.6. The Kier molecular flexibility index (Phi) is 7.33. The van der Waals surface area contributed by atoms with Crippen LogP contribution in [0, 0.1) is 5.82 Å². The number of carbonyl (C=O) groups excluding carboxylic acids is 2. The zero-order valence-corrected chi connectivity index (χ0v) is 15.2. The second-order valence-corrected chi connectivity index (χ2v) is 6.18. The molecule has 0 saturated heterocycles. The highest BCUT2D eigenvalue weighted by molar-refractivity contribution is 5.87. The van der Waals surface area contributed by atoms with Gasteiger partial charge in [-0.05, 0) is 18.1 Å². The molecule has 0 aliphatic rings. The molecule has 0 fully saturated rings. The number of nitrogens with zero attached hydrogens (tertiary/aromatic N) is 1. The molecule has 2 rings (SSSR count). The molecule has 2 aromatic carbocycles. The van der Waals surface area contributed by atoms with E-state index >= 15 is 0 Å². The SMILES string of the molecule is CCCC(=O)N(Cc1ccccc1F)C(Cc1ccccc1)C(=O)NC. The Labute approximate surface area is 154 Å². The van der Waals surface area contributed by atoms with E-state index in [1.54, 1.807) is 25.2 Å². The number of likely N-dealkylation sites (N-methyl/N-ethyl adjacent to an activating group) is 1. The Morgan fingerprint density at radius 2 is 1.73 bits per heavy atom. The van der Waals surface area contributed by atoms with Gasteiger partial charge < -0.3 is 10.2 Å². The molecule has 0 bridgehead atoms. The number of rotatable bonds is 8. The van der Waals surface area contributed by atoms with Gasteiger partial charge in [0, 0.05) is 32.0 Å². The van der Waals surface area contributed by atoms with Crippen LogP contribution in [0.5, 0.6) is 0 Å². The standard InChI is InChI=1S/C21H25FN2O2/c1-3-9-20(25)24(15-17-12-7-8-13-18(17)22)19(21(26)23-2)14-16-10-5-4-6-11-16/h4-8,10-13,19H,3,9,14-15H2,1-2H3,(H,23,26). The van der Waals surface area contributed by atoms with Crippen molar-refractivity contribution in [2.75, 3.05) is 7.05 Å². The summed E-state index contributed by atoms with van der Waals surface area (Å²) in [5.41, 5.74) is 1.35. The summed E-state index contributed by atoms with van der Waals surface area (Å²) in [6.45, 7) is 1.97. The molecule has 0 aliphatic carbocycles. The molecule has 1 unspecified atom stereocenters. The van der Waals surface area contributed by atoms with Gasteiger partial charge in [-0.1, -0.05) is 55.5 Å². The summed E-state index contributed by atoms with van der Waals surface area (Å²) in [5.74, 6) is -0.785. The van der Waals surface area contributed by atoms with E-state index in [-0.39, 0.29) is 24.2 Å². The number of nitrogens with one attached hydrogen (secondary N) is 1. The molecule has 26 heavy (non-hydrogen) atoms. The van der Waals surface area contributed by atoms with E-state index in [9.17, 15) is 14.0 Å². The number of benzene rings is 2. The molecule has 5 heteroatoms. The topological polar surface area (TPSA) is 49.4 Å². The largest absolute Gasteiger partial charge is 0.357 e. The van der Waals surface area contributed by atoms with Crippen LogP contribution in [0.4, 0.5) is 4.39 Å². The molecular weight excluding hydrogens is 331 g/mol. The summed E-state index contributed by atoms with van der Waals surface area (Å²) >= 11 is 0. The first-order valence-corrected chi connectivity index (χ1v) is 8.85. The molecular formula is C21H25FN2O2. The van der Waals surface area contributed by atoms with Gasteiger partial charge in [-0.3, -0.25) is 9.59 Å². The average Bonchev–Trinajstić information content (AvgIpc) is 2.66. The smallest absolute Gasteiger partial charge is 0.242 e. The lowest BCUT2D eigenvalue weighted by atomic mass is 10.0. The minimum atomic E-state index is -0.693. The maximum atomic E-state index is 14.1. The van der Waals surface area contributed by atoms with E-state index in [1.807, 2.05) is 37.3 Å². The Hall–Kier alpha value is -2.69. The molecule has 1 atom stereocenters. The van der Waals surface area contributed by atoms with Crippen molar-refractivity contribution in [3.63, 3.8) is 0 Å². The Morgan fingerprint density at radius 1 is 1.08 bits per heavy atom. The van der Waals surface area contributed by atoms with Crippen LogP contribution >= 0.6 is 0 Å². The normalized spacial score (nSPS) is 11.7. The predicted octanol–water partition coefficient (Wildman–Crippen LogP) is 3.31. The van der Waals surface area contributed by atoms with Crippen molar-refractivity contribution < 1.29 is 14.0 Å². The van der Waals surface area contributed by atoms with Crippen LogP contribution in [-0.2, 0) is 22.6 Å². The van der Waals surface area contributed by atoms with Gasteiger partial charge in [0.15, 0.2) is 0 Å². The lowest BCUT2D eigenvalue weighted by molar-refractivity contribution is -0.141. The molecule has 0 aliphatic heterocycles. The summed E-state index contributed by atoms with van der Waals surface area (Å²) in [5, 5.41) is 2.64. The van der Waals surface area contributed by atoms with Crippen molar-refractivity contribution in [1.82, 2.24) is 10.2 Å². The van der Waals surface area contributed by atoms with Crippen LogP contribution in [0.15, 0.2) is 54.6 Å². The molecule has 0 heterocycles. The number of amides is 2.